The molecule has 0 bridgehead atoms. The minimum absolute atomic E-state index is 0.0629. The van der Waals surface area contributed by atoms with Crippen molar-refractivity contribution in [3.63, 3.8) is 0 Å². The summed E-state index contributed by atoms with van der Waals surface area (Å²) in [5.41, 5.74) is 2.36. The zero-order chi connectivity index (χ0) is 17.3. The van der Waals surface area contributed by atoms with Crippen LogP contribution in [0.2, 0.25) is 0 Å². The standard InChI is InChI=1S/C18H16N2O4/c1-11-2-8-14(9-3-11)20-16(21)10-15(17(20)22)19-13-6-4-12(5-7-13)18(23)24/h2-9,15,19H,10H2,1H3,(H,23,24)/t15-/m1/s1. The molecule has 0 radical (unpaired) electrons. The molecule has 122 valence electrons. The van der Waals surface area contributed by atoms with Gasteiger partial charge in [0.2, 0.25) is 5.91 Å². The number of hydrogen-bond acceptors (Lipinski definition) is 4. The quantitative estimate of drug-likeness (QED) is 0.844. The maximum atomic E-state index is 12.5. The van der Waals surface area contributed by atoms with Gasteiger partial charge >= 0.3 is 5.97 Å². The minimum Gasteiger partial charge on any atom is -0.478 e. The van der Waals surface area contributed by atoms with Crippen molar-refractivity contribution in [1.29, 1.82) is 0 Å². The Bertz CT molecular complexity index is 797. The number of benzene rings is 2. The van der Waals surface area contributed by atoms with Gasteiger partial charge in [0.1, 0.15) is 6.04 Å². The molecule has 24 heavy (non-hydrogen) atoms. The maximum Gasteiger partial charge on any atom is 0.335 e. The van der Waals surface area contributed by atoms with Crippen LogP contribution in [0.15, 0.2) is 48.5 Å². The third kappa shape index (κ3) is 2.99. The van der Waals surface area contributed by atoms with Gasteiger partial charge in [-0.05, 0) is 43.3 Å². The van der Waals surface area contributed by atoms with E-state index in [1.165, 1.54) is 17.0 Å². The fourth-order valence-electron chi connectivity index (χ4n) is 2.62. The summed E-state index contributed by atoms with van der Waals surface area (Å²) in [4.78, 5) is 36.8. The molecule has 0 spiro atoms. The average Bonchev–Trinajstić information content (AvgIpc) is 2.83. The number of carbonyl (C=O) groups excluding carboxylic acids is 2. The highest BCUT2D eigenvalue weighted by atomic mass is 16.4. The van der Waals surface area contributed by atoms with Gasteiger partial charge in [0.05, 0.1) is 17.7 Å². The van der Waals surface area contributed by atoms with E-state index in [0.717, 1.165) is 5.56 Å². The van der Waals surface area contributed by atoms with Crippen molar-refractivity contribution in [2.45, 2.75) is 19.4 Å². The summed E-state index contributed by atoms with van der Waals surface area (Å²) in [5.74, 6) is -1.59. The SMILES string of the molecule is Cc1ccc(N2C(=O)C[C@@H](Nc3ccc(C(=O)O)cc3)C2=O)cc1. The number of nitrogens with one attached hydrogen (secondary N) is 1. The van der Waals surface area contributed by atoms with Crippen LogP contribution >= 0.6 is 0 Å². The van der Waals surface area contributed by atoms with Gasteiger partial charge in [-0.1, -0.05) is 17.7 Å². The van der Waals surface area contributed by atoms with Crippen LogP contribution in [0.5, 0.6) is 0 Å². The van der Waals surface area contributed by atoms with Gasteiger partial charge < -0.3 is 10.4 Å². The lowest BCUT2D eigenvalue weighted by atomic mass is 10.2. The van der Waals surface area contributed by atoms with Crippen molar-refractivity contribution in [1.82, 2.24) is 0 Å². The van der Waals surface area contributed by atoms with E-state index in [-0.39, 0.29) is 23.8 Å². The second-order valence-corrected chi connectivity index (χ2v) is 5.69. The van der Waals surface area contributed by atoms with Gasteiger partial charge in [-0.3, -0.25) is 9.59 Å². The lowest BCUT2D eigenvalue weighted by molar-refractivity contribution is -0.121. The Morgan fingerprint density at radius 3 is 2.29 bits per heavy atom. The smallest absolute Gasteiger partial charge is 0.335 e. The molecule has 3 rings (SSSR count). The van der Waals surface area contributed by atoms with Crippen LogP contribution in [0.4, 0.5) is 11.4 Å². The molecule has 0 aliphatic carbocycles. The molecule has 0 unspecified atom stereocenters. The molecular weight excluding hydrogens is 308 g/mol. The third-order valence-corrected chi connectivity index (χ3v) is 3.91. The van der Waals surface area contributed by atoms with E-state index in [2.05, 4.69) is 5.32 Å². The van der Waals surface area contributed by atoms with Crippen LogP contribution in [0.1, 0.15) is 22.3 Å². The number of aromatic carboxylic acids is 1. The van der Waals surface area contributed by atoms with E-state index in [1.807, 2.05) is 19.1 Å². The molecule has 0 saturated carbocycles. The highest BCUT2D eigenvalue weighted by molar-refractivity contribution is 6.23. The summed E-state index contributed by atoms with van der Waals surface area (Å²) in [6.07, 6.45) is 0.0629. The van der Waals surface area contributed by atoms with Gasteiger partial charge in [-0.25, -0.2) is 9.69 Å². The number of rotatable bonds is 4. The number of amides is 2. The van der Waals surface area contributed by atoms with Crippen LogP contribution in [0.3, 0.4) is 0 Å². The van der Waals surface area contributed by atoms with E-state index < -0.39 is 12.0 Å². The van der Waals surface area contributed by atoms with Gasteiger partial charge in [-0.2, -0.15) is 0 Å². The summed E-state index contributed by atoms with van der Waals surface area (Å²) in [7, 11) is 0. The molecule has 2 aromatic carbocycles. The summed E-state index contributed by atoms with van der Waals surface area (Å²) < 4.78 is 0. The van der Waals surface area contributed by atoms with Crippen molar-refractivity contribution >= 4 is 29.2 Å². The fraction of sp³-hybridized carbons (Fsp3) is 0.167. The fourth-order valence-corrected chi connectivity index (χ4v) is 2.62. The number of hydrogen-bond donors (Lipinski definition) is 2. The van der Waals surface area contributed by atoms with Crippen molar-refractivity contribution in [2.75, 3.05) is 10.2 Å². The largest absolute Gasteiger partial charge is 0.478 e. The molecule has 0 aromatic heterocycles. The first-order valence-electron chi connectivity index (χ1n) is 7.49. The van der Waals surface area contributed by atoms with Crippen LogP contribution in [0, 0.1) is 6.92 Å². The Morgan fingerprint density at radius 2 is 1.71 bits per heavy atom. The van der Waals surface area contributed by atoms with Crippen molar-refractivity contribution < 1.29 is 19.5 Å². The van der Waals surface area contributed by atoms with Crippen molar-refractivity contribution in [2.24, 2.45) is 0 Å². The maximum absolute atomic E-state index is 12.5. The number of carboxylic acids is 1. The molecule has 6 nitrogen and oxygen atoms in total. The number of aryl methyl sites for hydroxylation is 1. The van der Waals surface area contributed by atoms with Gasteiger partial charge in [0.25, 0.3) is 5.91 Å². The number of nitrogens with zero attached hydrogens (tertiary/aromatic N) is 1. The molecule has 2 amide bonds. The Labute approximate surface area is 138 Å². The van der Waals surface area contributed by atoms with Crippen molar-refractivity contribution in [3.05, 3.63) is 59.7 Å². The number of anilines is 2. The van der Waals surface area contributed by atoms with Gasteiger partial charge in [0.15, 0.2) is 0 Å². The molecule has 1 heterocycles. The Balaban J connectivity index is 1.76. The molecule has 1 aliphatic rings. The Morgan fingerprint density at radius 1 is 1.08 bits per heavy atom. The van der Waals surface area contributed by atoms with E-state index in [9.17, 15) is 14.4 Å². The zero-order valence-electron chi connectivity index (χ0n) is 13.0. The van der Waals surface area contributed by atoms with E-state index >= 15 is 0 Å². The van der Waals surface area contributed by atoms with Crippen LogP contribution in [-0.2, 0) is 9.59 Å². The zero-order valence-corrected chi connectivity index (χ0v) is 13.0. The first-order valence-corrected chi connectivity index (χ1v) is 7.49. The molecule has 2 N–H and O–H groups in total. The van der Waals surface area contributed by atoms with E-state index in [4.69, 9.17) is 5.11 Å². The lowest BCUT2D eigenvalue weighted by Gasteiger charge is -2.16. The van der Waals surface area contributed by atoms with Crippen LogP contribution in [-0.4, -0.2) is 28.9 Å². The number of imide groups is 1. The predicted molar refractivity (Wildman–Crippen MR) is 89.1 cm³/mol. The molecule has 1 fully saturated rings. The first kappa shape index (κ1) is 15.7. The van der Waals surface area contributed by atoms with Gasteiger partial charge in [-0.15, -0.1) is 0 Å². The van der Waals surface area contributed by atoms with Gasteiger partial charge in [0, 0.05) is 5.69 Å². The minimum atomic E-state index is -1.01. The number of carbonyl (C=O) groups is 3. The van der Waals surface area contributed by atoms with Crippen LogP contribution in [0.25, 0.3) is 0 Å². The summed E-state index contributed by atoms with van der Waals surface area (Å²) in [5, 5.41) is 11.9. The topological polar surface area (TPSA) is 86.7 Å². The second kappa shape index (κ2) is 6.16. The molecule has 6 heteroatoms. The second-order valence-electron chi connectivity index (χ2n) is 5.69. The molecule has 1 saturated heterocycles. The summed E-state index contributed by atoms with van der Waals surface area (Å²) in [6.45, 7) is 1.93. The van der Waals surface area contributed by atoms with Crippen molar-refractivity contribution in [3.8, 4) is 0 Å². The predicted octanol–water partition coefficient (Wildman–Crippen LogP) is 2.44. The molecule has 1 aliphatic heterocycles. The summed E-state index contributed by atoms with van der Waals surface area (Å²) >= 11 is 0. The first-order chi connectivity index (χ1) is 11.5. The van der Waals surface area contributed by atoms with E-state index in [1.54, 1.807) is 24.3 Å². The normalized spacial score (nSPS) is 17.2. The average molecular weight is 324 g/mol. The van der Waals surface area contributed by atoms with E-state index in [0.29, 0.717) is 11.4 Å². The van der Waals surface area contributed by atoms with Crippen LogP contribution < -0.4 is 10.2 Å². The Kier molecular flexibility index (Phi) is 4.04. The lowest BCUT2D eigenvalue weighted by Crippen LogP contribution is -2.34. The Hall–Kier alpha value is -3.15. The summed E-state index contributed by atoms with van der Waals surface area (Å²) in [6, 6.07) is 12.6. The molecular formula is C18H16N2O4. The molecule has 1 atom stereocenters. The highest BCUT2D eigenvalue weighted by Gasteiger charge is 2.39. The number of carboxylic acid groups (broad SMARTS) is 1. The third-order valence-electron chi connectivity index (χ3n) is 3.91. The molecule has 2 aromatic rings. The monoisotopic (exact) mass is 324 g/mol. The highest BCUT2D eigenvalue weighted by Crippen LogP contribution is 2.25.